The van der Waals surface area contributed by atoms with Crippen molar-refractivity contribution in [1.82, 2.24) is 10.2 Å². The molecule has 1 heterocycles. The lowest BCUT2D eigenvalue weighted by molar-refractivity contribution is 0.146. The van der Waals surface area contributed by atoms with Crippen LogP contribution in [0.25, 0.3) is 0 Å². The van der Waals surface area contributed by atoms with Crippen molar-refractivity contribution in [3.05, 3.63) is 77.6 Å². The second kappa shape index (κ2) is 7.53. The Bertz CT molecular complexity index is 829. The molecule has 1 amide bonds. The van der Waals surface area contributed by atoms with Gasteiger partial charge in [0.2, 0.25) is 0 Å². The number of carbonyl (C=O) groups is 1. The van der Waals surface area contributed by atoms with Gasteiger partial charge in [-0.25, -0.2) is 4.79 Å². The van der Waals surface area contributed by atoms with Crippen molar-refractivity contribution in [2.75, 3.05) is 4.90 Å². The number of benzene rings is 2. The Labute approximate surface area is 145 Å². The van der Waals surface area contributed by atoms with Crippen LogP contribution in [0.15, 0.2) is 60.8 Å². The number of carbonyl (C=O) groups excluding carboxylic acids is 1. The van der Waals surface area contributed by atoms with Gasteiger partial charge in [-0.3, -0.25) is 10.00 Å². The molecule has 0 atom stereocenters. The zero-order chi connectivity index (χ0) is 17.6. The van der Waals surface area contributed by atoms with Gasteiger partial charge in [0.05, 0.1) is 12.7 Å². The monoisotopic (exact) mass is 337 g/mol. The van der Waals surface area contributed by atoms with E-state index in [0.29, 0.717) is 12.2 Å². The topological polar surface area (TPSA) is 78.5 Å². The average molecular weight is 337 g/mol. The van der Waals surface area contributed by atoms with Crippen molar-refractivity contribution in [2.24, 2.45) is 0 Å². The van der Waals surface area contributed by atoms with Crippen LogP contribution in [0, 0.1) is 6.92 Å². The summed E-state index contributed by atoms with van der Waals surface area (Å²) in [4.78, 5) is 14.2. The number of phenols is 1. The number of aromatic amines is 1. The van der Waals surface area contributed by atoms with Gasteiger partial charge in [-0.1, -0.05) is 30.3 Å². The summed E-state index contributed by atoms with van der Waals surface area (Å²) in [5.74, 6) is 0.140. The fourth-order valence-corrected chi connectivity index (χ4v) is 2.40. The van der Waals surface area contributed by atoms with Crippen LogP contribution >= 0.6 is 0 Å². The number of hydrogen-bond donors (Lipinski definition) is 2. The van der Waals surface area contributed by atoms with Crippen LogP contribution in [-0.2, 0) is 17.9 Å². The van der Waals surface area contributed by atoms with Gasteiger partial charge in [-0.15, -0.1) is 0 Å². The quantitative estimate of drug-likeness (QED) is 0.743. The molecule has 0 spiro atoms. The minimum atomic E-state index is -0.463. The second-order valence-corrected chi connectivity index (χ2v) is 5.66. The lowest BCUT2D eigenvalue weighted by atomic mass is 10.2. The highest BCUT2D eigenvalue weighted by molar-refractivity contribution is 5.87. The molecule has 0 saturated carbocycles. The predicted molar refractivity (Wildman–Crippen MR) is 94.2 cm³/mol. The molecule has 0 fully saturated rings. The Morgan fingerprint density at radius 1 is 1.16 bits per heavy atom. The zero-order valence-electron chi connectivity index (χ0n) is 13.8. The number of nitrogens with one attached hydrogen (secondary N) is 1. The molecule has 0 aliphatic rings. The number of aromatic nitrogens is 2. The number of phenolic OH excluding ortho intramolecular Hbond substituents is 1. The molecule has 2 N–H and O–H groups in total. The van der Waals surface area contributed by atoms with Crippen molar-refractivity contribution >= 4 is 11.8 Å². The van der Waals surface area contributed by atoms with E-state index < -0.39 is 6.09 Å². The first-order valence-electron chi connectivity index (χ1n) is 7.89. The van der Waals surface area contributed by atoms with Crippen molar-refractivity contribution in [3.8, 4) is 5.75 Å². The molecule has 3 rings (SSSR count). The predicted octanol–water partition coefficient (Wildman–Crippen LogP) is 3.77. The fourth-order valence-electron chi connectivity index (χ4n) is 2.40. The third-order valence-electron chi connectivity index (χ3n) is 3.85. The van der Waals surface area contributed by atoms with Crippen LogP contribution in [0.4, 0.5) is 10.5 Å². The van der Waals surface area contributed by atoms with Crippen molar-refractivity contribution in [2.45, 2.75) is 20.1 Å². The van der Waals surface area contributed by atoms with Crippen LogP contribution in [0.1, 0.15) is 16.8 Å². The number of rotatable bonds is 5. The molecule has 0 radical (unpaired) electrons. The number of hydrogen-bond acceptors (Lipinski definition) is 4. The highest BCUT2D eigenvalue weighted by Crippen LogP contribution is 2.22. The minimum Gasteiger partial charge on any atom is -0.508 e. The van der Waals surface area contributed by atoms with E-state index in [1.165, 1.54) is 17.0 Å². The highest BCUT2D eigenvalue weighted by Gasteiger charge is 2.19. The third kappa shape index (κ3) is 4.17. The first-order chi connectivity index (χ1) is 12.1. The molecule has 25 heavy (non-hydrogen) atoms. The molecular weight excluding hydrogens is 318 g/mol. The Kier molecular flexibility index (Phi) is 4.99. The van der Waals surface area contributed by atoms with E-state index in [0.717, 1.165) is 16.8 Å². The lowest BCUT2D eigenvalue weighted by Gasteiger charge is -2.22. The molecule has 2 aromatic carbocycles. The highest BCUT2D eigenvalue weighted by atomic mass is 16.6. The Hall–Kier alpha value is -3.28. The Morgan fingerprint density at radius 3 is 2.52 bits per heavy atom. The molecular formula is C19H19N3O3. The van der Waals surface area contributed by atoms with E-state index in [4.69, 9.17) is 4.74 Å². The SMILES string of the molecule is Cc1[nH]ncc1CN(C(=O)OCc1ccccc1)c1ccc(O)cc1. The smallest absolute Gasteiger partial charge is 0.414 e. The lowest BCUT2D eigenvalue weighted by Crippen LogP contribution is -2.31. The molecule has 0 unspecified atom stereocenters. The minimum absolute atomic E-state index is 0.140. The summed E-state index contributed by atoms with van der Waals surface area (Å²) in [6.45, 7) is 2.41. The number of aromatic hydroxyl groups is 1. The first kappa shape index (κ1) is 16.6. The maximum Gasteiger partial charge on any atom is 0.414 e. The number of nitrogens with zero attached hydrogens (tertiary/aromatic N) is 2. The molecule has 6 nitrogen and oxygen atoms in total. The van der Waals surface area contributed by atoms with Gasteiger partial charge in [-0.05, 0) is 36.8 Å². The number of H-pyrrole nitrogens is 1. The van der Waals surface area contributed by atoms with Crippen LogP contribution in [-0.4, -0.2) is 21.4 Å². The Balaban J connectivity index is 1.78. The molecule has 128 valence electrons. The normalized spacial score (nSPS) is 10.4. The van der Waals surface area contributed by atoms with E-state index in [1.807, 2.05) is 37.3 Å². The van der Waals surface area contributed by atoms with Crippen molar-refractivity contribution < 1.29 is 14.6 Å². The zero-order valence-corrected chi connectivity index (χ0v) is 13.8. The van der Waals surface area contributed by atoms with Crippen LogP contribution in [0.5, 0.6) is 5.75 Å². The van der Waals surface area contributed by atoms with Crippen LogP contribution < -0.4 is 4.90 Å². The summed E-state index contributed by atoms with van der Waals surface area (Å²) >= 11 is 0. The first-order valence-corrected chi connectivity index (χ1v) is 7.89. The standard InChI is InChI=1S/C19H19N3O3/c1-14-16(11-20-21-14)12-22(17-7-9-18(23)10-8-17)19(24)25-13-15-5-3-2-4-6-15/h2-11,23H,12-13H2,1H3,(H,20,21). The molecule has 1 aromatic heterocycles. The summed E-state index contributed by atoms with van der Waals surface area (Å²) < 4.78 is 5.46. The summed E-state index contributed by atoms with van der Waals surface area (Å²) in [6, 6.07) is 15.9. The molecule has 3 aromatic rings. The second-order valence-electron chi connectivity index (χ2n) is 5.66. The van der Waals surface area contributed by atoms with Gasteiger partial charge >= 0.3 is 6.09 Å². The average Bonchev–Trinajstić information content (AvgIpc) is 3.04. The van der Waals surface area contributed by atoms with Gasteiger partial charge in [0.25, 0.3) is 0 Å². The molecule has 6 heteroatoms. The maximum absolute atomic E-state index is 12.7. The van der Waals surface area contributed by atoms with E-state index in [-0.39, 0.29) is 12.4 Å². The van der Waals surface area contributed by atoms with E-state index in [2.05, 4.69) is 10.2 Å². The van der Waals surface area contributed by atoms with Gasteiger partial charge in [0.15, 0.2) is 0 Å². The third-order valence-corrected chi connectivity index (χ3v) is 3.85. The summed E-state index contributed by atoms with van der Waals surface area (Å²) in [6.07, 6.45) is 1.22. The van der Waals surface area contributed by atoms with E-state index in [9.17, 15) is 9.90 Å². The van der Waals surface area contributed by atoms with Crippen molar-refractivity contribution in [3.63, 3.8) is 0 Å². The largest absolute Gasteiger partial charge is 0.508 e. The Morgan fingerprint density at radius 2 is 1.88 bits per heavy atom. The van der Waals surface area contributed by atoms with E-state index in [1.54, 1.807) is 18.3 Å². The van der Waals surface area contributed by atoms with Gasteiger partial charge < -0.3 is 9.84 Å². The number of ether oxygens (including phenoxy) is 1. The van der Waals surface area contributed by atoms with Gasteiger partial charge in [0, 0.05) is 16.9 Å². The van der Waals surface area contributed by atoms with Crippen molar-refractivity contribution in [1.29, 1.82) is 0 Å². The fraction of sp³-hybridized carbons (Fsp3) is 0.158. The molecule has 0 aliphatic carbocycles. The summed E-state index contributed by atoms with van der Waals surface area (Å²) in [5.41, 5.74) is 3.34. The summed E-state index contributed by atoms with van der Waals surface area (Å²) in [5, 5.41) is 16.3. The number of amides is 1. The molecule has 0 saturated heterocycles. The molecule has 0 aliphatic heterocycles. The van der Waals surface area contributed by atoms with Gasteiger partial charge in [0.1, 0.15) is 12.4 Å². The summed E-state index contributed by atoms with van der Waals surface area (Å²) in [7, 11) is 0. The van der Waals surface area contributed by atoms with Crippen LogP contribution in [0.2, 0.25) is 0 Å². The molecule has 0 bridgehead atoms. The van der Waals surface area contributed by atoms with E-state index >= 15 is 0 Å². The number of anilines is 1. The van der Waals surface area contributed by atoms with Gasteiger partial charge in [-0.2, -0.15) is 5.10 Å². The van der Waals surface area contributed by atoms with Crippen LogP contribution in [0.3, 0.4) is 0 Å². The maximum atomic E-state index is 12.7. The number of aryl methyl sites for hydroxylation is 1.